The van der Waals surface area contributed by atoms with Crippen LogP contribution in [0.25, 0.3) is 0 Å². The molecular weight excluding hydrogens is 348 g/mol. The van der Waals surface area contributed by atoms with E-state index in [0.29, 0.717) is 5.11 Å². The molecule has 1 aliphatic rings. The summed E-state index contributed by atoms with van der Waals surface area (Å²) in [5.74, 6) is 0.0801. The first-order chi connectivity index (χ1) is 9.95. The van der Waals surface area contributed by atoms with Gasteiger partial charge in [0, 0.05) is 22.3 Å². The van der Waals surface area contributed by atoms with Crippen molar-refractivity contribution >= 4 is 39.0 Å². The van der Waals surface area contributed by atoms with Gasteiger partial charge in [-0.05, 0) is 50.2 Å². The first-order valence-corrected chi connectivity index (χ1v) is 8.21. The second kappa shape index (κ2) is 6.71. The number of allylic oxidation sites excluding steroid dienone is 1. The third kappa shape index (κ3) is 3.35. The number of hydrogen-bond acceptors (Lipinski definition) is 2. The second-order valence-electron chi connectivity index (χ2n) is 5.14. The Morgan fingerprint density at radius 1 is 1.38 bits per heavy atom. The number of carbonyl (C=O) groups excluding carboxylic acids is 1. The predicted octanol–water partition coefficient (Wildman–Crippen LogP) is 3.95. The lowest BCUT2D eigenvalue weighted by atomic mass is 9.92. The summed E-state index contributed by atoms with van der Waals surface area (Å²) in [5.41, 5.74) is 2.79. The van der Waals surface area contributed by atoms with Crippen molar-refractivity contribution in [3.8, 4) is 0 Å². The highest BCUT2D eigenvalue weighted by Crippen LogP contribution is 2.31. The molecule has 0 bridgehead atoms. The van der Waals surface area contributed by atoms with Gasteiger partial charge in [0.2, 0.25) is 0 Å². The molecule has 1 unspecified atom stereocenters. The number of thiocarbonyl (C=S) groups is 1. The normalized spacial score (nSPS) is 18.8. The molecule has 1 aromatic carbocycles. The Balaban J connectivity index is 2.48. The summed E-state index contributed by atoms with van der Waals surface area (Å²) in [5, 5.41) is 4.00. The molecule has 0 saturated heterocycles. The van der Waals surface area contributed by atoms with Gasteiger partial charge in [-0.15, -0.1) is 0 Å². The summed E-state index contributed by atoms with van der Waals surface area (Å²) in [6.45, 7) is 6.52. The molecule has 0 aliphatic carbocycles. The number of benzene rings is 1. The smallest absolute Gasteiger partial charge is 0.173 e. The SMILES string of the molecule is CCCN1C(=S)NC(c2ccc(Br)cc2)C(C(C)=O)=C1C. The molecule has 0 saturated carbocycles. The third-order valence-corrected chi connectivity index (χ3v) is 4.49. The highest BCUT2D eigenvalue weighted by atomic mass is 79.9. The zero-order valence-corrected chi connectivity index (χ0v) is 14.8. The largest absolute Gasteiger partial charge is 0.351 e. The summed E-state index contributed by atoms with van der Waals surface area (Å²) < 4.78 is 1.02. The van der Waals surface area contributed by atoms with E-state index in [-0.39, 0.29) is 11.8 Å². The Kier molecular flexibility index (Phi) is 5.17. The van der Waals surface area contributed by atoms with Crippen LogP contribution in [-0.4, -0.2) is 22.3 Å². The van der Waals surface area contributed by atoms with Crippen LogP contribution in [-0.2, 0) is 4.79 Å². The van der Waals surface area contributed by atoms with E-state index in [1.54, 1.807) is 6.92 Å². The first-order valence-electron chi connectivity index (χ1n) is 7.01. The van der Waals surface area contributed by atoms with Crippen molar-refractivity contribution in [2.24, 2.45) is 0 Å². The molecular formula is C16H19BrN2OS. The average Bonchev–Trinajstić information content (AvgIpc) is 2.43. The summed E-state index contributed by atoms with van der Waals surface area (Å²) in [7, 11) is 0. The Labute approximate surface area is 139 Å². The standard InChI is InChI=1S/C16H19BrN2OS/c1-4-9-19-10(2)14(11(3)20)15(18-16(19)21)12-5-7-13(17)8-6-12/h5-8,15H,4,9H2,1-3H3,(H,18,21). The number of nitrogens with zero attached hydrogens (tertiary/aromatic N) is 1. The Bertz CT molecular complexity index is 595. The van der Waals surface area contributed by atoms with Gasteiger partial charge < -0.3 is 10.2 Å². The molecule has 1 atom stereocenters. The van der Waals surface area contributed by atoms with Crippen molar-refractivity contribution in [2.45, 2.75) is 33.2 Å². The van der Waals surface area contributed by atoms with Gasteiger partial charge in [0.25, 0.3) is 0 Å². The Morgan fingerprint density at radius 3 is 2.52 bits per heavy atom. The molecule has 0 fully saturated rings. The molecule has 21 heavy (non-hydrogen) atoms. The number of halogens is 1. The van der Waals surface area contributed by atoms with Crippen LogP contribution in [0.15, 0.2) is 40.0 Å². The summed E-state index contributed by atoms with van der Waals surface area (Å²) in [6.07, 6.45) is 0.979. The van der Waals surface area contributed by atoms with Crippen molar-refractivity contribution in [3.05, 3.63) is 45.6 Å². The van der Waals surface area contributed by atoms with Crippen molar-refractivity contribution in [2.75, 3.05) is 6.54 Å². The molecule has 0 radical (unpaired) electrons. The second-order valence-corrected chi connectivity index (χ2v) is 6.44. The van der Waals surface area contributed by atoms with Crippen LogP contribution in [0.2, 0.25) is 0 Å². The topological polar surface area (TPSA) is 32.3 Å². The minimum Gasteiger partial charge on any atom is -0.351 e. The zero-order valence-electron chi connectivity index (χ0n) is 12.4. The number of carbonyl (C=O) groups is 1. The molecule has 0 aromatic heterocycles. The highest BCUT2D eigenvalue weighted by molar-refractivity contribution is 9.10. The molecule has 1 N–H and O–H groups in total. The maximum Gasteiger partial charge on any atom is 0.173 e. The fraction of sp³-hybridized carbons (Fsp3) is 0.375. The van der Waals surface area contributed by atoms with Gasteiger partial charge in [-0.25, -0.2) is 0 Å². The Morgan fingerprint density at radius 2 is 2.00 bits per heavy atom. The third-order valence-electron chi connectivity index (χ3n) is 3.63. The van der Waals surface area contributed by atoms with Crippen LogP contribution >= 0.6 is 28.1 Å². The van der Waals surface area contributed by atoms with Crippen LogP contribution in [0.5, 0.6) is 0 Å². The van der Waals surface area contributed by atoms with Crippen LogP contribution in [0.3, 0.4) is 0 Å². The van der Waals surface area contributed by atoms with Crippen molar-refractivity contribution in [3.63, 3.8) is 0 Å². The lowest BCUT2D eigenvalue weighted by Crippen LogP contribution is -2.47. The number of ketones is 1. The minimum atomic E-state index is -0.170. The van der Waals surface area contributed by atoms with E-state index in [1.165, 1.54) is 0 Å². The van der Waals surface area contributed by atoms with E-state index in [0.717, 1.165) is 34.3 Å². The van der Waals surface area contributed by atoms with Gasteiger partial charge in [0.05, 0.1) is 6.04 Å². The summed E-state index contributed by atoms with van der Waals surface area (Å²) in [6, 6.07) is 7.81. The predicted molar refractivity (Wildman–Crippen MR) is 93.0 cm³/mol. The quantitative estimate of drug-likeness (QED) is 0.817. The van der Waals surface area contributed by atoms with Gasteiger partial charge >= 0.3 is 0 Å². The van der Waals surface area contributed by atoms with Crippen molar-refractivity contribution in [1.82, 2.24) is 10.2 Å². The van der Waals surface area contributed by atoms with Gasteiger partial charge in [0.1, 0.15) is 0 Å². The molecule has 1 heterocycles. The molecule has 112 valence electrons. The zero-order chi connectivity index (χ0) is 15.6. The van der Waals surface area contributed by atoms with Gasteiger partial charge in [-0.2, -0.15) is 0 Å². The van der Waals surface area contributed by atoms with Crippen LogP contribution in [0.4, 0.5) is 0 Å². The maximum atomic E-state index is 12.1. The van der Waals surface area contributed by atoms with Crippen molar-refractivity contribution in [1.29, 1.82) is 0 Å². The maximum absolute atomic E-state index is 12.1. The van der Waals surface area contributed by atoms with E-state index >= 15 is 0 Å². The van der Waals surface area contributed by atoms with Crippen molar-refractivity contribution < 1.29 is 4.79 Å². The van der Waals surface area contributed by atoms with E-state index in [9.17, 15) is 4.79 Å². The van der Waals surface area contributed by atoms with Gasteiger partial charge in [-0.1, -0.05) is 35.0 Å². The van der Waals surface area contributed by atoms with E-state index < -0.39 is 0 Å². The lowest BCUT2D eigenvalue weighted by molar-refractivity contribution is -0.114. The first kappa shape index (κ1) is 16.2. The van der Waals surface area contributed by atoms with Gasteiger partial charge in [0.15, 0.2) is 10.9 Å². The van der Waals surface area contributed by atoms with Gasteiger partial charge in [-0.3, -0.25) is 4.79 Å². The van der Waals surface area contributed by atoms with Crippen LogP contribution < -0.4 is 5.32 Å². The molecule has 0 spiro atoms. The number of rotatable bonds is 4. The van der Waals surface area contributed by atoms with E-state index in [1.807, 2.05) is 36.1 Å². The highest BCUT2D eigenvalue weighted by Gasteiger charge is 2.31. The molecule has 0 amide bonds. The van der Waals surface area contributed by atoms with E-state index in [2.05, 4.69) is 28.2 Å². The summed E-state index contributed by atoms with van der Waals surface area (Å²) >= 11 is 8.91. The number of hydrogen-bond donors (Lipinski definition) is 1. The molecule has 1 aromatic rings. The average molecular weight is 367 g/mol. The molecule has 2 rings (SSSR count). The van der Waals surface area contributed by atoms with E-state index in [4.69, 9.17) is 12.2 Å². The molecule has 1 aliphatic heterocycles. The van der Waals surface area contributed by atoms with Crippen LogP contribution in [0, 0.1) is 0 Å². The fourth-order valence-corrected chi connectivity index (χ4v) is 3.25. The summed E-state index contributed by atoms with van der Waals surface area (Å²) in [4.78, 5) is 14.2. The lowest BCUT2D eigenvalue weighted by Gasteiger charge is -2.37. The fourth-order valence-electron chi connectivity index (χ4n) is 2.64. The monoisotopic (exact) mass is 366 g/mol. The minimum absolute atomic E-state index is 0.0801. The molecule has 5 heteroatoms. The van der Waals surface area contributed by atoms with Crippen LogP contribution in [0.1, 0.15) is 38.8 Å². The molecule has 3 nitrogen and oxygen atoms in total. The Hall–Kier alpha value is -1.20. The number of nitrogens with one attached hydrogen (secondary N) is 1. The number of Topliss-reactive ketones (excluding diaryl/α,β-unsaturated/α-hetero) is 1.